The van der Waals surface area contributed by atoms with E-state index in [1.807, 2.05) is 51.1 Å². The van der Waals surface area contributed by atoms with E-state index in [-0.39, 0.29) is 11.9 Å². The van der Waals surface area contributed by atoms with Gasteiger partial charge in [0.1, 0.15) is 11.9 Å². The van der Waals surface area contributed by atoms with E-state index < -0.39 is 0 Å². The summed E-state index contributed by atoms with van der Waals surface area (Å²) in [5.41, 5.74) is 2.86. The molecule has 138 valence electrons. The minimum atomic E-state index is -0.339. The standard InChI is InChI=1S/C21H28N4O/c1-14-15(2)22-20(17-10-6-4-7-11-17)25-19(14)23-16(3)21(26)24-18-12-8-5-9-13-18/h4,6-7,10-11,16,18H,5,8-9,12-13H2,1-3H3,(H,24,26)(H,22,23,25). The Labute approximate surface area is 155 Å². The Morgan fingerprint density at radius 3 is 2.46 bits per heavy atom. The SMILES string of the molecule is Cc1nc(-c2ccccc2)nc(NC(C)C(=O)NC2CCCCC2)c1C. The van der Waals surface area contributed by atoms with Gasteiger partial charge < -0.3 is 10.6 Å². The van der Waals surface area contributed by atoms with Gasteiger partial charge in [0.15, 0.2) is 5.82 Å². The third kappa shape index (κ3) is 4.40. The van der Waals surface area contributed by atoms with Gasteiger partial charge in [0, 0.05) is 22.9 Å². The first-order valence-corrected chi connectivity index (χ1v) is 9.52. The van der Waals surface area contributed by atoms with Gasteiger partial charge in [0.25, 0.3) is 0 Å². The molecule has 1 heterocycles. The molecule has 26 heavy (non-hydrogen) atoms. The van der Waals surface area contributed by atoms with Crippen molar-refractivity contribution in [2.75, 3.05) is 5.32 Å². The monoisotopic (exact) mass is 352 g/mol. The topological polar surface area (TPSA) is 66.9 Å². The average Bonchev–Trinajstić information content (AvgIpc) is 2.66. The summed E-state index contributed by atoms with van der Waals surface area (Å²) in [4.78, 5) is 21.8. The normalized spacial score (nSPS) is 16.1. The Morgan fingerprint density at radius 2 is 1.77 bits per heavy atom. The van der Waals surface area contributed by atoms with Crippen LogP contribution in [0.3, 0.4) is 0 Å². The van der Waals surface area contributed by atoms with E-state index in [1.54, 1.807) is 0 Å². The number of rotatable bonds is 5. The molecule has 1 fully saturated rings. The molecule has 1 aliphatic rings. The number of hydrogen-bond donors (Lipinski definition) is 2. The quantitative estimate of drug-likeness (QED) is 0.853. The van der Waals surface area contributed by atoms with Crippen molar-refractivity contribution < 1.29 is 4.79 Å². The zero-order valence-electron chi connectivity index (χ0n) is 15.9. The van der Waals surface area contributed by atoms with Crippen LogP contribution in [0, 0.1) is 13.8 Å². The molecule has 1 aromatic carbocycles. The number of amides is 1. The predicted octanol–water partition coefficient (Wildman–Crippen LogP) is 4.01. The molecule has 2 N–H and O–H groups in total. The third-order valence-electron chi connectivity index (χ3n) is 5.12. The van der Waals surface area contributed by atoms with Gasteiger partial charge in [-0.3, -0.25) is 4.79 Å². The van der Waals surface area contributed by atoms with E-state index in [1.165, 1.54) is 19.3 Å². The van der Waals surface area contributed by atoms with Gasteiger partial charge in [0.05, 0.1) is 0 Å². The largest absolute Gasteiger partial charge is 0.358 e. The Bertz CT molecular complexity index is 754. The number of carbonyl (C=O) groups excluding carboxylic acids is 1. The lowest BCUT2D eigenvalue weighted by atomic mass is 9.95. The van der Waals surface area contributed by atoms with Crippen LogP contribution in [-0.2, 0) is 4.79 Å². The molecule has 0 bridgehead atoms. The molecular weight excluding hydrogens is 324 g/mol. The molecule has 1 amide bonds. The van der Waals surface area contributed by atoms with Crippen LogP contribution in [0.5, 0.6) is 0 Å². The van der Waals surface area contributed by atoms with Crippen molar-refractivity contribution in [2.24, 2.45) is 0 Å². The summed E-state index contributed by atoms with van der Waals surface area (Å²) in [5.74, 6) is 1.44. The smallest absolute Gasteiger partial charge is 0.242 e. The number of aryl methyl sites for hydroxylation is 1. The number of hydrogen-bond acceptors (Lipinski definition) is 4. The van der Waals surface area contributed by atoms with Crippen molar-refractivity contribution in [3.05, 3.63) is 41.6 Å². The molecule has 0 spiro atoms. The van der Waals surface area contributed by atoms with Gasteiger partial charge in [-0.1, -0.05) is 49.6 Å². The number of anilines is 1. The van der Waals surface area contributed by atoms with E-state index in [0.29, 0.717) is 11.9 Å². The Balaban J connectivity index is 1.73. The number of carbonyl (C=O) groups is 1. The zero-order valence-corrected chi connectivity index (χ0v) is 15.9. The molecule has 1 aromatic heterocycles. The van der Waals surface area contributed by atoms with Gasteiger partial charge in [-0.15, -0.1) is 0 Å². The first kappa shape index (κ1) is 18.4. The minimum Gasteiger partial charge on any atom is -0.358 e. The molecule has 0 aliphatic heterocycles. The van der Waals surface area contributed by atoms with Gasteiger partial charge in [-0.25, -0.2) is 9.97 Å². The molecule has 2 aromatic rings. The lowest BCUT2D eigenvalue weighted by Crippen LogP contribution is -2.44. The second-order valence-electron chi connectivity index (χ2n) is 7.18. The van der Waals surface area contributed by atoms with E-state index in [4.69, 9.17) is 0 Å². The maximum atomic E-state index is 12.5. The first-order chi connectivity index (χ1) is 12.5. The summed E-state index contributed by atoms with van der Waals surface area (Å²) in [6.45, 7) is 5.84. The van der Waals surface area contributed by atoms with Crippen molar-refractivity contribution in [1.29, 1.82) is 0 Å². The highest BCUT2D eigenvalue weighted by molar-refractivity contribution is 5.84. The summed E-state index contributed by atoms with van der Waals surface area (Å²) in [6, 6.07) is 9.88. The zero-order chi connectivity index (χ0) is 18.5. The maximum absolute atomic E-state index is 12.5. The van der Waals surface area contributed by atoms with Crippen molar-refractivity contribution in [3.8, 4) is 11.4 Å². The highest BCUT2D eigenvalue weighted by Gasteiger charge is 2.21. The lowest BCUT2D eigenvalue weighted by Gasteiger charge is -2.25. The molecule has 1 unspecified atom stereocenters. The van der Waals surface area contributed by atoms with Crippen molar-refractivity contribution in [3.63, 3.8) is 0 Å². The van der Waals surface area contributed by atoms with Crippen molar-refractivity contribution >= 4 is 11.7 Å². The van der Waals surface area contributed by atoms with Crippen molar-refractivity contribution in [2.45, 2.75) is 65.0 Å². The molecule has 1 aliphatic carbocycles. The second kappa shape index (κ2) is 8.30. The maximum Gasteiger partial charge on any atom is 0.242 e. The minimum absolute atomic E-state index is 0.0360. The van der Waals surface area contributed by atoms with Crippen molar-refractivity contribution in [1.82, 2.24) is 15.3 Å². The Morgan fingerprint density at radius 1 is 1.08 bits per heavy atom. The Kier molecular flexibility index (Phi) is 5.86. The van der Waals surface area contributed by atoms with Gasteiger partial charge in [0.2, 0.25) is 5.91 Å². The number of nitrogens with one attached hydrogen (secondary N) is 2. The molecule has 5 nitrogen and oxygen atoms in total. The first-order valence-electron chi connectivity index (χ1n) is 9.52. The van der Waals surface area contributed by atoms with E-state index in [2.05, 4.69) is 20.6 Å². The number of nitrogens with zero attached hydrogens (tertiary/aromatic N) is 2. The molecule has 1 atom stereocenters. The van der Waals surface area contributed by atoms with Crippen LogP contribution in [0.25, 0.3) is 11.4 Å². The summed E-state index contributed by atoms with van der Waals surface area (Å²) in [6.07, 6.45) is 5.86. The highest BCUT2D eigenvalue weighted by Crippen LogP contribution is 2.22. The second-order valence-corrected chi connectivity index (χ2v) is 7.18. The lowest BCUT2D eigenvalue weighted by molar-refractivity contribution is -0.122. The summed E-state index contributed by atoms with van der Waals surface area (Å²) in [5, 5.41) is 6.46. The predicted molar refractivity (Wildman–Crippen MR) is 105 cm³/mol. The van der Waals surface area contributed by atoms with Crippen LogP contribution in [0.1, 0.15) is 50.3 Å². The van der Waals surface area contributed by atoms with Crippen LogP contribution >= 0.6 is 0 Å². The average molecular weight is 352 g/mol. The number of benzene rings is 1. The number of aromatic nitrogens is 2. The third-order valence-corrected chi connectivity index (χ3v) is 5.12. The van der Waals surface area contributed by atoms with Crippen LogP contribution in [0.2, 0.25) is 0 Å². The molecule has 0 radical (unpaired) electrons. The fraction of sp³-hybridized carbons (Fsp3) is 0.476. The summed E-state index contributed by atoms with van der Waals surface area (Å²) < 4.78 is 0. The molecule has 5 heteroatoms. The molecule has 0 saturated heterocycles. The fourth-order valence-electron chi connectivity index (χ4n) is 3.33. The van der Waals surface area contributed by atoms with Crippen LogP contribution in [-0.4, -0.2) is 28.0 Å². The summed E-state index contributed by atoms with van der Waals surface area (Å²) >= 11 is 0. The summed E-state index contributed by atoms with van der Waals surface area (Å²) in [7, 11) is 0. The fourth-order valence-corrected chi connectivity index (χ4v) is 3.33. The van der Waals surface area contributed by atoms with Crippen LogP contribution in [0.4, 0.5) is 5.82 Å². The Hall–Kier alpha value is -2.43. The van der Waals surface area contributed by atoms with Crippen LogP contribution in [0.15, 0.2) is 30.3 Å². The van der Waals surface area contributed by atoms with Crippen LogP contribution < -0.4 is 10.6 Å². The van der Waals surface area contributed by atoms with Gasteiger partial charge in [-0.2, -0.15) is 0 Å². The van der Waals surface area contributed by atoms with E-state index >= 15 is 0 Å². The van der Waals surface area contributed by atoms with Gasteiger partial charge >= 0.3 is 0 Å². The molecule has 3 rings (SSSR count). The van der Waals surface area contributed by atoms with E-state index in [9.17, 15) is 4.79 Å². The van der Waals surface area contributed by atoms with E-state index in [0.717, 1.165) is 35.5 Å². The highest BCUT2D eigenvalue weighted by atomic mass is 16.2. The molecular formula is C21H28N4O. The van der Waals surface area contributed by atoms with Gasteiger partial charge in [-0.05, 0) is 33.6 Å². The molecule has 1 saturated carbocycles.